The Bertz CT molecular complexity index is 315. The van der Waals surface area contributed by atoms with Crippen LogP contribution in [0.1, 0.15) is 20.8 Å². The summed E-state index contributed by atoms with van der Waals surface area (Å²) < 4.78 is 0. The van der Waals surface area contributed by atoms with E-state index < -0.39 is 0 Å². The Balaban J connectivity index is 2.82. The van der Waals surface area contributed by atoms with Crippen LogP contribution in [-0.2, 0) is 0 Å². The van der Waals surface area contributed by atoms with Gasteiger partial charge in [-0.3, -0.25) is 0 Å². The maximum atomic E-state index is 5.95. The molecule has 0 aromatic carbocycles. The van der Waals surface area contributed by atoms with Crippen molar-refractivity contribution in [2.24, 2.45) is 5.92 Å². The molecule has 1 unspecified atom stereocenters. The molecule has 1 N–H and O–H groups in total. The number of hydrogen-bond acceptors (Lipinski definition) is 3. The van der Waals surface area contributed by atoms with Crippen LogP contribution in [-0.4, -0.2) is 16.2 Å². The molecule has 1 aromatic heterocycles. The quantitative estimate of drug-likeness (QED) is 0.872. The summed E-state index contributed by atoms with van der Waals surface area (Å²) >= 11 is 11.7. The molecule has 3 nitrogen and oxygen atoms in total. The monoisotopic (exact) mass is 233 g/mol. The molecule has 1 rings (SSSR count). The molecule has 0 saturated heterocycles. The number of rotatable bonds is 3. The SMILES string of the molecule is CC(C)C(C)Nc1nncc(Cl)c1Cl. The van der Waals surface area contributed by atoms with Gasteiger partial charge in [-0.2, -0.15) is 5.10 Å². The van der Waals surface area contributed by atoms with Crippen LogP contribution < -0.4 is 5.32 Å². The third-order valence-corrected chi connectivity index (χ3v) is 2.88. The Hall–Kier alpha value is -0.540. The van der Waals surface area contributed by atoms with Crippen molar-refractivity contribution in [2.75, 3.05) is 5.32 Å². The number of nitrogens with one attached hydrogen (secondary N) is 1. The van der Waals surface area contributed by atoms with E-state index in [-0.39, 0.29) is 6.04 Å². The fraction of sp³-hybridized carbons (Fsp3) is 0.556. The minimum atomic E-state index is 0.278. The van der Waals surface area contributed by atoms with Crippen molar-refractivity contribution in [3.8, 4) is 0 Å². The maximum Gasteiger partial charge on any atom is 0.169 e. The zero-order chi connectivity index (χ0) is 10.7. The molecule has 0 spiro atoms. The smallest absolute Gasteiger partial charge is 0.169 e. The van der Waals surface area contributed by atoms with E-state index in [0.29, 0.717) is 21.8 Å². The molecule has 0 bridgehead atoms. The van der Waals surface area contributed by atoms with Crippen LogP contribution in [0.15, 0.2) is 6.20 Å². The average Bonchev–Trinajstić information content (AvgIpc) is 2.12. The molecular weight excluding hydrogens is 221 g/mol. The fourth-order valence-electron chi connectivity index (χ4n) is 0.826. The van der Waals surface area contributed by atoms with Gasteiger partial charge in [-0.25, -0.2) is 0 Å². The normalized spacial score (nSPS) is 13.0. The van der Waals surface area contributed by atoms with Crippen LogP contribution in [0.25, 0.3) is 0 Å². The molecule has 1 aromatic rings. The van der Waals surface area contributed by atoms with Crippen LogP contribution in [0, 0.1) is 5.92 Å². The Morgan fingerprint density at radius 1 is 1.29 bits per heavy atom. The first-order valence-corrected chi connectivity index (χ1v) is 5.21. The number of nitrogens with zero attached hydrogens (tertiary/aromatic N) is 2. The first-order valence-electron chi connectivity index (χ1n) is 4.45. The third kappa shape index (κ3) is 2.72. The second kappa shape index (κ2) is 4.80. The summed E-state index contributed by atoms with van der Waals surface area (Å²) in [4.78, 5) is 0. The van der Waals surface area contributed by atoms with Gasteiger partial charge in [0, 0.05) is 6.04 Å². The third-order valence-electron chi connectivity index (χ3n) is 2.11. The molecule has 1 atom stereocenters. The van der Waals surface area contributed by atoms with Crippen molar-refractivity contribution < 1.29 is 0 Å². The van der Waals surface area contributed by atoms with Crippen molar-refractivity contribution in [2.45, 2.75) is 26.8 Å². The summed E-state index contributed by atoms with van der Waals surface area (Å²) in [5.74, 6) is 1.03. The Kier molecular flexibility index (Phi) is 3.96. The number of aromatic nitrogens is 2. The topological polar surface area (TPSA) is 37.8 Å². The summed E-state index contributed by atoms with van der Waals surface area (Å²) in [7, 11) is 0. The molecule has 1 heterocycles. The minimum absolute atomic E-state index is 0.278. The number of hydrogen-bond donors (Lipinski definition) is 1. The van der Waals surface area contributed by atoms with Gasteiger partial charge in [0.25, 0.3) is 0 Å². The van der Waals surface area contributed by atoms with Gasteiger partial charge in [0.05, 0.1) is 11.2 Å². The molecule has 14 heavy (non-hydrogen) atoms. The maximum absolute atomic E-state index is 5.95. The van der Waals surface area contributed by atoms with Gasteiger partial charge >= 0.3 is 0 Å². The van der Waals surface area contributed by atoms with Gasteiger partial charge in [-0.1, -0.05) is 37.0 Å². The Labute approximate surface area is 93.8 Å². The lowest BCUT2D eigenvalue weighted by Gasteiger charge is -2.18. The molecule has 0 aliphatic carbocycles. The lowest BCUT2D eigenvalue weighted by molar-refractivity contribution is 0.557. The summed E-state index contributed by atoms with van der Waals surface area (Å²) in [5.41, 5.74) is 0. The first-order chi connectivity index (χ1) is 6.52. The summed E-state index contributed by atoms with van der Waals surface area (Å²) in [5, 5.41) is 11.6. The van der Waals surface area contributed by atoms with E-state index in [1.807, 2.05) is 0 Å². The molecule has 0 aliphatic heterocycles. The van der Waals surface area contributed by atoms with Gasteiger partial charge < -0.3 is 5.32 Å². The predicted octanol–water partition coefficient (Wildman–Crippen LogP) is 3.24. The Morgan fingerprint density at radius 3 is 2.50 bits per heavy atom. The highest BCUT2D eigenvalue weighted by atomic mass is 35.5. The summed E-state index contributed by atoms with van der Waals surface area (Å²) in [6, 6.07) is 0.278. The largest absolute Gasteiger partial charge is 0.365 e. The first kappa shape index (κ1) is 11.5. The van der Waals surface area contributed by atoms with Gasteiger partial charge in [-0.05, 0) is 12.8 Å². The molecular formula is C9H13Cl2N3. The van der Waals surface area contributed by atoms with E-state index in [0.717, 1.165) is 0 Å². The highest BCUT2D eigenvalue weighted by Crippen LogP contribution is 2.27. The zero-order valence-electron chi connectivity index (χ0n) is 8.38. The average molecular weight is 234 g/mol. The lowest BCUT2D eigenvalue weighted by Crippen LogP contribution is -2.22. The minimum Gasteiger partial charge on any atom is -0.365 e. The van der Waals surface area contributed by atoms with Crippen LogP contribution in [0.2, 0.25) is 10.0 Å². The standard InChI is InChI=1S/C9H13Cl2N3/c1-5(2)6(3)13-9-8(11)7(10)4-12-14-9/h4-6H,1-3H3,(H,13,14). The molecule has 0 radical (unpaired) electrons. The van der Waals surface area contributed by atoms with Crippen LogP contribution in [0.4, 0.5) is 5.82 Å². The van der Waals surface area contributed by atoms with E-state index in [2.05, 4.69) is 36.3 Å². The van der Waals surface area contributed by atoms with Crippen molar-refractivity contribution >= 4 is 29.0 Å². The van der Waals surface area contributed by atoms with Crippen molar-refractivity contribution in [1.29, 1.82) is 0 Å². The molecule has 0 fully saturated rings. The van der Waals surface area contributed by atoms with Gasteiger partial charge in [0.15, 0.2) is 5.82 Å². The van der Waals surface area contributed by atoms with Gasteiger partial charge in [0.1, 0.15) is 5.02 Å². The van der Waals surface area contributed by atoms with E-state index in [1.165, 1.54) is 6.20 Å². The van der Waals surface area contributed by atoms with Crippen molar-refractivity contribution in [1.82, 2.24) is 10.2 Å². The highest BCUT2D eigenvalue weighted by Gasteiger charge is 2.12. The molecule has 5 heteroatoms. The second-order valence-corrected chi connectivity index (χ2v) is 4.32. The van der Waals surface area contributed by atoms with Crippen LogP contribution >= 0.6 is 23.2 Å². The van der Waals surface area contributed by atoms with Gasteiger partial charge in [-0.15, -0.1) is 5.10 Å². The van der Waals surface area contributed by atoms with E-state index in [4.69, 9.17) is 23.2 Å². The summed E-state index contributed by atoms with van der Waals surface area (Å²) in [6.07, 6.45) is 1.43. The van der Waals surface area contributed by atoms with Crippen LogP contribution in [0.3, 0.4) is 0 Å². The molecule has 0 saturated carbocycles. The predicted molar refractivity (Wildman–Crippen MR) is 60.0 cm³/mol. The molecule has 0 amide bonds. The fourth-order valence-corrected chi connectivity index (χ4v) is 1.10. The Morgan fingerprint density at radius 2 is 1.93 bits per heavy atom. The molecule has 0 aliphatic rings. The van der Waals surface area contributed by atoms with Crippen LogP contribution in [0.5, 0.6) is 0 Å². The van der Waals surface area contributed by atoms with Crippen molar-refractivity contribution in [3.05, 3.63) is 16.2 Å². The molecule has 78 valence electrons. The number of halogens is 2. The van der Waals surface area contributed by atoms with E-state index in [9.17, 15) is 0 Å². The second-order valence-electron chi connectivity index (χ2n) is 3.53. The zero-order valence-corrected chi connectivity index (χ0v) is 9.89. The highest BCUT2D eigenvalue weighted by molar-refractivity contribution is 6.43. The van der Waals surface area contributed by atoms with Crippen molar-refractivity contribution in [3.63, 3.8) is 0 Å². The van der Waals surface area contributed by atoms with E-state index in [1.54, 1.807) is 0 Å². The lowest BCUT2D eigenvalue weighted by atomic mass is 10.1. The number of anilines is 1. The summed E-state index contributed by atoms with van der Waals surface area (Å²) in [6.45, 7) is 6.29. The van der Waals surface area contributed by atoms with E-state index >= 15 is 0 Å². The van der Waals surface area contributed by atoms with Gasteiger partial charge in [0.2, 0.25) is 0 Å².